The second kappa shape index (κ2) is 4.93. The van der Waals surface area contributed by atoms with Crippen molar-refractivity contribution in [1.29, 1.82) is 0 Å². The highest BCUT2D eigenvalue weighted by Gasteiger charge is 2.34. The van der Waals surface area contributed by atoms with Crippen LogP contribution in [0.3, 0.4) is 0 Å². The molecular formula is C16H21N3S. The quantitative estimate of drug-likeness (QED) is 0.914. The molecule has 0 amide bonds. The Morgan fingerprint density at radius 3 is 2.80 bits per heavy atom. The van der Waals surface area contributed by atoms with Crippen molar-refractivity contribution in [3.05, 3.63) is 34.5 Å². The Balaban J connectivity index is 2.01. The van der Waals surface area contributed by atoms with Crippen LogP contribution in [0.15, 0.2) is 18.3 Å². The predicted octanol–water partition coefficient (Wildman–Crippen LogP) is 3.75. The molecule has 0 fully saturated rings. The summed E-state index contributed by atoms with van der Waals surface area (Å²) >= 11 is 1.79. The molecule has 0 aliphatic heterocycles. The van der Waals surface area contributed by atoms with Crippen LogP contribution in [0.25, 0.3) is 10.7 Å². The first-order chi connectivity index (χ1) is 9.48. The maximum Gasteiger partial charge on any atom is 0.142 e. The summed E-state index contributed by atoms with van der Waals surface area (Å²) in [5.41, 5.74) is 3.74. The third kappa shape index (κ3) is 2.50. The molecule has 1 atom stereocenters. The van der Waals surface area contributed by atoms with Crippen molar-refractivity contribution in [2.24, 2.45) is 5.41 Å². The number of thiazole rings is 1. The molecule has 3 rings (SSSR count). The smallest absolute Gasteiger partial charge is 0.142 e. The lowest BCUT2D eigenvalue weighted by Gasteiger charge is -2.34. The van der Waals surface area contributed by atoms with E-state index in [4.69, 9.17) is 4.98 Å². The number of nitrogens with one attached hydrogen (secondary N) is 1. The van der Waals surface area contributed by atoms with E-state index in [1.807, 2.05) is 13.2 Å². The van der Waals surface area contributed by atoms with Gasteiger partial charge in [0.2, 0.25) is 0 Å². The predicted molar refractivity (Wildman–Crippen MR) is 84.0 cm³/mol. The van der Waals surface area contributed by atoms with E-state index >= 15 is 0 Å². The van der Waals surface area contributed by atoms with Gasteiger partial charge in [0.1, 0.15) is 5.01 Å². The molecule has 0 radical (unpaired) electrons. The molecule has 106 valence electrons. The summed E-state index contributed by atoms with van der Waals surface area (Å²) in [4.78, 5) is 10.8. The van der Waals surface area contributed by atoms with Crippen LogP contribution in [-0.2, 0) is 6.42 Å². The zero-order valence-corrected chi connectivity index (χ0v) is 13.3. The van der Waals surface area contributed by atoms with Gasteiger partial charge < -0.3 is 5.32 Å². The van der Waals surface area contributed by atoms with E-state index in [-0.39, 0.29) is 0 Å². The third-order valence-electron chi connectivity index (χ3n) is 3.93. The summed E-state index contributed by atoms with van der Waals surface area (Å²) in [5.74, 6) is 0. The van der Waals surface area contributed by atoms with Crippen LogP contribution < -0.4 is 5.32 Å². The van der Waals surface area contributed by atoms with Crippen molar-refractivity contribution in [3.63, 3.8) is 0 Å². The lowest BCUT2D eigenvalue weighted by Crippen LogP contribution is -2.30. The highest BCUT2D eigenvalue weighted by Crippen LogP contribution is 2.44. The second-order valence-corrected chi connectivity index (χ2v) is 7.47. The largest absolute Gasteiger partial charge is 0.312 e. The van der Waals surface area contributed by atoms with Gasteiger partial charge in [0, 0.05) is 17.1 Å². The standard InChI is InChI=1S/C16H21N3S/c1-10-5-6-11(18-9-10)15-19-13-8-16(2,3)7-12(17-4)14(13)20-15/h5-6,9,12,17H,7-8H2,1-4H3. The van der Waals surface area contributed by atoms with Gasteiger partial charge in [-0.1, -0.05) is 19.9 Å². The number of aryl methyl sites for hydroxylation is 1. The fourth-order valence-electron chi connectivity index (χ4n) is 2.87. The van der Waals surface area contributed by atoms with Gasteiger partial charge >= 0.3 is 0 Å². The van der Waals surface area contributed by atoms with Gasteiger partial charge in [0.25, 0.3) is 0 Å². The van der Waals surface area contributed by atoms with Gasteiger partial charge in [0.15, 0.2) is 0 Å². The number of hydrogen-bond acceptors (Lipinski definition) is 4. The normalized spacial score (nSPS) is 20.7. The van der Waals surface area contributed by atoms with Crippen LogP contribution in [0, 0.1) is 12.3 Å². The molecule has 3 nitrogen and oxygen atoms in total. The van der Waals surface area contributed by atoms with Crippen molar-refractivity contribution in [2.45, 2.75) is 39.7 Å². The average molecular weight is 287 g/mol. The van der Waals surface area contributed by atoms with Crippen LogP contribution in [0.5, 0.6) is 0 Å². The van der Waals surface area contributed by atoms with E-state index < -0.39 is 0 Å². The second-order valence-electron chi connectivity index (χ2n) is 6.44. The average Bonchev–Trinajstić information content (AvgIpc) is 2.80. The highest BCUT2D eigenvalue weighted by molar-refractivity contribution is 7.15. The monoisotopic (exact) mass is 287 g/mol. The summed E-state index contributed by atoms with van der Waals surface area (Å²) in [6.07, 6.45) is 4.14. The number of pyridine rings is 1. The number of rotatable bonds is 2. The Bertz CT molecular complexity index is 613. The molecule has 0 spiro atoms. The van der Waals surface area contributed by atoms with Crippen LogP contribution in [0.2, 0.25) is 0 Å². The first-order valence-corrected chi connectivity index (χ1v) is 7.90. The molecule has 1 aliphatic rings. The van der Waals surface area contributed by atoms with Crippen LogP contribution in [0.1, 0.15) is 42.4 Å². The van der Waals surface area contributed by atoms with Gasteiger partial charge in [-0.15, -0.1) is 11.3 Å². The SMILES string of the molecule is CNC1CC(C)(C)Cc2nc(-c3ccc(C)cn3)sc21. The summed E-state index contributed by atoms with van der Waals surface area (Å²) in [5, 5.41) is 4.49. The molecular weight excluding hydrogens is 266 g/mol. The fourth-order valence-corrected chi connectivity index (χ4v) is 4.04. The lowest BCUT2D eigenvalue weighted by molar-refractivity contribution is 0.265. The van der Waals surface area contributed by atoms with Crippen LogP contribution >= 0.6 is 11.3 Å². The van der Waals surface area contributed by atoms with E-state index in [9.17, 15) is 0 Å². The summed E-state index contributed by atoms with van der Waals surface area (Å²) in [7, 11) is 2.04. The molecule has 0 saturated carbocycles. The van der Waals surface area contributed by atoms with E-state index in [0.29, 0.717) is 11.5 Å². The molecule has 4 heteroatoms. The third-order valence-corrected chi connectivity index (χ3v) is 5.16. The zero-order chi connectivity index (χ0) is 14.3. The van der Waals surface area contributed by atoms with Gasteiger partial charge in [0.05, 0.1) is 11.4 Å². The molecule has 1 aliphatic carbocycles. The molecule has 20 heavy (non-hydrogen) atoms. The Hall–Kier alpha value is -1.26. The van der Waals surface area contributed by atoms with Gasteiger partial charge in [-0.05, 0) is 43.9 Å². The topological polar surface area (TPSA) is 37.8 Å². The number of fused-ring (bicyclic) bond motifs is 1. The number of nitrogens with zero attached hydrogens (tertiary/aromatic N) is 2. The summed E-state index contributed by atoms with van der Waals surface area (Å²) in [6, 6.07) is 4.59. The highest BCUT2D eigenvalue weighted by atomic mass is 32.1. The molecule has 2 aromatic heterocycles. The van der Waals surface area contributed by atoms with Crippen molar-refractivity contribution < 1.29 is 0 Å². The summed E-state index contributed by atoms with van der Waals surface area (Å²) in [6.45, 7) is 6.70. The Morgan fingerprint density at radius 2 is 2.15 bits per heavy atom. The van der Waals surface area contributed by atoms with Gasteiger partial charge in [-0.2, -0.15) is 0 Å². The Labute approximate surface area is 124 Å². The Kier molecular flexibility index (Phi) is 3.38. The first-order valence-electron chi connectivity index (χ1n) is 7.08. The van der Waals surface area contributed by atoms with E-state index in [1.54, 1.807) is 11.3 Å². The summed E-state index contributed by atoms with van der Waals surface area (Å²) < 4.78 is 0. The van der Waals surface area contributed by atoms with Crippen molar-refractivity contribution in [1.82, 2.24) is 15.3 Å². The minimum Gasteiger partial charge on any atom is -0.312 e. The van der Waals surface area contributed by atoms with Crippen molar-refractivity contribution >= 4 is 11.3 Å². The maximum atomic E-state index is 4.86. The first kappa shape index (κ1) is 13.7. The molecule has 0 saturated heterocycles. The molecule has 2 heterocycles. The van der Waals surface area contributed by atoms with E-state index in [2.05, 4.69) is 43.2 Å². The number of hydrogen-bond donors (Lipinski definition) is 1. The minimum atomic E-state index is 0.312. The Morgan fingerprint density at radius 1 is 1.35 bits per heavy atom. The van der Waals surface area contributed by atoms with Crippen LogP contribution in [-0.4, -0.2) is 17.0 Å². The van der Waals surface area contributed by atoms with Crippen molar-refractivity contribution in [2.75, 3.05) is 7.05 Å². The van der Waals surface area contributed by atoms with E-state index in [1.165, 1.54) is 22.6 Å². The fraction of sp³-hybridized carbons (Fsp3) is 0.500. The van der Waals surface area contributed by atoms with E-state index in [0.717, 1.165) is 17.1 Å². The van der Waals surface area contributed by atoms with Gasteiger partial charge in [-0.25, -0.2) is 4.98 Å². The molecule has 0 aromatic carbocycles. The number of aromatic nitrogens is 2. The minimum absolute atomic E-state index is 0.312. The molecule has 1 N–H and O–H groups in total. The molecule has 1 unspecified atom stereocenters. The van der Waals surface area contributed by atoms with Crippen molar-refractivity contribution in [3.8, 4) is 10.7 Å². The maximum absolute atomic E-state index is 4.86. The van der Waals surface area contributed by atoms with Crippen LogP contribution in [0.4, 0.5) is 0 Å². The zero-order valence-electron chi connectivity index (χ0n) is 12.5. The lowest BCUT2D eigenvalue weighted by atomic mass is 9.76. The molecule has 2 aromatic rings. The molecule has 0 bridgehead atoms. The van der Waals surface area contributed by atoms with Gasteiger partial charge in [-0.3, -0.25) is 4.98 Å².